The molecule has 0 aliphatic carbocycles. The van der Waals surface area contributed by atoms with Gasteiger partial charge in [-0.2, -0.15) is 0 Å². The van der Waals surface area contributed by atoms with Gasteiger partial charge in [-0.3, -0.25) is 4.40 Å². The predicted octanol–water partition coefficient (Wildman–Crippen LogP) is 5.34. The van der Waals surface area contributed by atoms with Crippen LogP contribution in [-0.2, 0) is 0 Å². The Labute approximate surface area is 166 Å². The van der Waals surface area contributed by atoms with Gasteiger partial charge >= 0.3 is 0 Å². The number of nitrogens with zero attached hydrogens (tertiary/aromatic N) is 4. The number of nitrogens with one attached hydrogen (secondary N) is 1. The van der Waals surface area contributed by atoms with Gasteiger partial charge in [-0.25, -0.2) is 15.0 Å². The van der Waals surface area contributed by atoms with E-state index in [1.54, 1.807) is 0 Å². The summed E-state index contributed by atoms with van der Waals surface area (Å²) in [5.74, 6) is 0.602. The number of halogens is 1. The summed E-state index contributed by atoms with van der Waals surface area (Å²) in [4.78, 5) is 14.0. The fourth-order valence-corrected chi connectivity index (χ4v) is 3.52. The number of rotatable bonds is 4. The summed E-state index contributed by atoms with van der Waals surface area (Å²) in [7, 11) is 0. The van der Waals surface area contributed by atoms with Gasteiger partial charge in [0.15, 0.2) is 0 Å². The van der Waals surface area contributed by atoms with Crippen LogP contribution in [-0.4, -0.2) is 19.4 Å². The SMILES string of the molecule is Cc1nc(N[C@@H](C)c2ccccc2)nc(-c2cnc3c(C)cccn23)c1Br. The molecule has 0 aliphatic rings. The van der Waals surface area contributed by atoms with E-state index in [2.05, 4.69) is 67.7 Å². The molecule has 1 atom stereocenters. The lowest BCUT2D eigenvalue weighted by Gasteiger charge is -2.16. The van der Waals surface area contributed by atoms with E-state index in [0.29, 0.717) is 5.95 Å². The quantitative estimate of drug-likeness (QED) is 0.482. The third-order valence-electron chi connectivity index (χ3n) is 4.64. The van der Waals surface area contributed by atoms with Crippen molar-refractivity contribution in [2.75, 3.05) is 5.32 Å². The van der Waals surface area contributed by atoms with E-state index in [1.807, 2.05) is 43.6 Å². The van der Waals surface area contributed by atoms with Gasteiger partial charge in [-0.05, 0) is 53.9 Å². The van der Waals surface area contributed by atoms with E-state index in [4.69, 9.17) is 4.98 Å². The summed E-state index contributed by atoms with van der Waals surface area (Å²) in [5.41, 5.74) is 5.88. The van der Waals surface area contributed by atoms with Crippen molar-refractivity contribution in [2.45, 2.75) is 26.8 Å². The lowest BCUT2D eigenvalue weighted by atomic mass is 10.1. The van der Waals surface area contributed by atoms with E-state index in [1.165, 1.54) is 5.56 Å². The predicted molar refractivity (Wildman–Crippen MR) is 112 cm³/mol. The first-order valence-corrected chi connectivity index (χ1v) is 9.62. The minimum atomic E-state index is 0.101. The van der Waals surface area contributed by atoms with Crippen molar-refractivity contribution < 1.29 is 0 Å². The molecule has 0 radical (unpaired) electrons. The van der Waals surface area contributed by atoms with Crippen molar-refractivity contribution >= 4 is 27.5 Å². The minimum Gasteiger partial charge on any atom is -0.348 e. The second kappa shape index (κ2) is 7.12. The largest absolute Gasteiger partial charge is 0.348 e. The van der Waals surface area contributed by atoms with Crippen molar-refractivity contribution in [3.05, 3.63) is 76.2 Å². The number of hydrogen-bond donors (Lipinski definition) is 1. The third-order valence-corrected chi connectivity index (χ3v) is 5.58. The van der Waals surface area contributed by atoms with E-state index in [0.717, 1.165) is 32.8 Å². The highest BCUT2D eigenvalue weighted by molar-refractivity contribution is 9.10. The average Bonchev–Trinajstić information content (AvgIpc) is 3.10. The summed E-state index contributed by atoms with van der Waals surface area (Å²) in [6.45, 7) is 6.14. The second-order valence-corrected chi connectivity index (χ2v) is 7.39. The monoisotopic (exact) mass is 421 g/mol. The van der Waals surface area contributed by atoms with Crippen LogP contribution in [0.3, 0.4) is 0 Å². The van der Waals surface area contributed by atoms with Gasteiger partial charge in [-0.1, -0.05) is 36.4 Å². The number of hydrogen-bond acceptors (Lipinski definition) is 4. The molecule has 1 aromatic carbocycles. The number of pyridine rings is 1. The number of benzene rings is 1. The standard InChI is InChI=1S/C21H20BrN5/c1-13-8-7-11-27-17(12-23-20(13)27)19-18(22)15(3)25-21(26-19)24-14(2)16-9-5-4-6-10-16/h4-12,14H,1-3H3,(H,24,25,26)/t14-/m0/s1. The van der Waals surface area contributed by atoms with Crippen molar-refractivity contribution in [3.8, 4) is 11.4 Å². The Kier molecular flexibility index (Phi) is 4.66. The first kappa shape index (κ1) is 17.7. The first-order chi connectivity index (χ1) is 13.0. The molecule has 1 N–H and O–H groups in total. The van der Waals surface area contributed by atoms with Crippen LogP contribution in [0.15, 0.2) is 59.3 Å². The Morgan fingerprint density at radius 3 is 2.59 bits per heavy atom. The Bertz CT molecular complexity index is 1100. The normalized spacial score (nSPS) is 12.3. The Morgan fingerprint density at radius 2 is 1.81 bits per heavy atom. The van der Waals surface area contributed by atoms with Crippen molar-refractivity contribution in [2.24, 2.45) is 0 Å². The zero-order chi connectivity index (χ0) is 19.0. The zero-order valence-electron chi connectivity index (χ0n) is 15.4. The molecule has 4 aromatic rings. The van der Waals surface area contributed by atoms with Gasteiger partial charge in [0.05, 0.1) is 28.1 Å². The Hall–Kier alpha value is -2.73. The molecule has 6 heteroatoms. The van der Waals surface area contributed by atoms with Crippen LogP contribution in [0.4, 0.5) is 5.95 Å². The molecule has 0 fully saturated rings. The fraction of sp³-hybridized carbons (Fsp3) is 0.190. The van der Waals surface area contributed by atoms with Gasteiger partial charge in [-0.15, -0.1) is 0 Å². The van der Waals surface area contributed by atoms with Crippen LogP contribution in [0.1, 0.15) is 29.8 Å². The number of fused-ring (bicyclic) bond motifs is 1. The molecule has 0 amide bonds. The maximum atomic E-state index is 4.79. The van der Waals surface area contributed by atoms with Gasteiger partial charge in [0, 0.05) is 6.20 Å². The van der Waals surface area contributed by atoms with E-state index in [-0.39, 0.29) is 6.04 Å². The van der Waals surface area contributed by atoms with Crippen molar-refractivity contribution in [1.82, 2.24) is 19.4 Å². The van der Waals surface area contributed by atoms with Crippen LogP contribution in [0.2, 0.25) is 0 Å². The molecule has 3 aromatic heterocycles. The second-order valence-electron chi connectivity index (χ2n) is 6.60. The average molecular weight is 422 g/mol. The number of imidazole rings is 1. The van der Waals surface area contributed by atoms with Crippen LogP contribution >= 0.6 is 15.9 Å². The van der Waals surface area contributed by atoms with Crippen LogP contribution in [0.25, 0.3) is 17.0 Å². The smallest absolute Gasteiger partial charge is 0.224 e. The molecule has 4 rings (SSSR count). The summed E-state index contributed by atoms with van der Waals surface area (Å²) in [6.07, 6.45) is 3.87. The highest BCUT2D eigenvalue weighted by atomic mass is 79.9. The molecule has 0 saturated carbocycles. The Balaban J connectivity index is 1.76. The molecule has 136 valence electrons. The summed E-state index contributed by atoms with van der Waals surface area (Å²) in [5, 5.41) is 3.42. The highest BCUT2D eigenvalue weighted by Gasteiger charge is 2.17. The van der Waals surface area contributed by atoms with Gasteiger partial charge in [0.1, 0.15) is 11.3 Å². The molecule has 5 nitrogen and oxygen atoms in total. The molecule has 3 heterocycles. The number of aromatic nitrogens is 4. The van der Waals surface area contributed by atoms with Crippen LogP contribution in [0, 0.1) is 13.8 Å². The molecular formula is C21H20BrN5. The summed E-state index contributed by atoms with van der Waals surface area (Å²) >= 11 is 3.66. The molecule has 27 heavy (non-hydrogen) atoms. The lowest BCUT2D eigenvalue weighted by molar-refractivity contribution is 0.856. The molecule has 0 aliphatic heterocycles. The first-order valence-electron chi connectivity index (χ1n) is 8.83. The van der Waals surface area contributed by atoms with E-state index < -0.39 is 0 Å². The van der Waals surface area contributed by atoms with Crippen LogP contribution < -0.4 is 5.32 Å². The molecule has 0 unspecified atom stereocenters. The molecule has 0 bridgehead atoms. The summed E-state index contributed by atoms with van der Waals surface area (Å²) in [6, 6.07) is 14.5. The van der Waals surface area contributed by atoms with Gasteiger partial charge in [0.25, 0.3) is 0 Å². The molecular weight excluding hydrogens is 402 g/mol. The van der Waals surface area contributed by atoms with Crippen molar-refractivity contribution in [3.63, 3.8) is 0 Å². The van der Waals surface area contributed by atoms with Crippen LogP contribution in [0.5, 0.6) is 0 Å². The zero-order valence-corrected chi connectivity index (χ0v) is 17.0. The summed E-state index contributed by atoms with van der Waals surface area (Å²) < 4.78 is 2.94. The maximum Gasteiger partial charge on any atom is 0.224 e. The molecule has 0 spiro atoms. The van der Waals surface area contributed by atoms with E-state index in [9.17, 15) is 0 Å². The molecule has 0 saturated heterocycles. The Morgan fingerprint density at radius 1 is 1.04 bits per heavy atom. The minimum absolute atomic E-state index is 0.101. The lowest BCUT2D eigenvalue weighted by Crippen LogP contribution is -2.11. The maximum absolute atomic E-state index is 4.79. The van der Waals surface area contributed by atoms with E-state index >= 15 is 0 Å². The third kappa shape index (κ3) is 3.32. The van der Waals surface area contributed by atoms with Gasteiger partial charge in [0.2, 0.25) is 5.95 Å². The fourth-order valence-electron chi connectivity index (χ4n) is 3.14. The van der Waals surface area contributed by atoms with Gasteiger partial charge < -0.3 is 5.32 Å². The van der Waals surface area contributed by atoms with Crippen molar-refractivity contribution in [1.29, 1.82) is 0 Å². The number of aryl methyl sites for hydroxylation is 2. The topological polar surface area (TPSA) is 55.1 Å². The highest BCUT2D eigenvalue weighted by Crippen LogP contribution is 2.31. The number of anilines is 1.